The van der Waals surface area contributed by atoms with Gasteiger partial charge in [-0.15, -0.1) is 0 Å². The SMILES string of the molecule is CN(C)S(=O)(=O)c1cccc(C(=O)OCC(=O)c2ccc(C(C)(C)C)cc2)c1. The van der Waals surface area contributed by atoms with Crippen LogP contribution in [0.15, 0.2) is 53.4 Å². The molecule has 0 saturated carbocycles. The van der Waals surface area contributed by atoms with E-state index in [1.165, 1.54) is 38.4 Å². The third kappa shape index (κ3) is 5.05. The zero-order chi connectivity index (χ0) is 21.1. The molecule has 0 radical (unpaired) electrons. The van der Waals surface area contributed by atoms with Crippen LogP contribution >= 0.6 is 0 Å². The average molecular weight is 404 g/mol. The fourth-order valence-electron chi connectivity index (χ4n) is 2.45. The topological polar surface area (TPSA) is 80.8 Å². The summed E-state index contributed by atoms with van der Waals surface area (Å²) in [4.78, 5) is 24.5. The van der Waals surface area contributed by atoms with Crippen LogP contribution in [0.1, 0.15) is 47.1 Å². The van der Waals surface area contributed by atoms with Crippen molar-refractivity contribution in [1.82, 2.24) is 4.31 Å². The summed E-state index contributed by atoms with van der Waals surface area (Å²) >= 11 is 0. The molecule has 0 fully saturated rings. The van der Waals surface area contributed by atoms with Crippen LogP contribution in [0.5, 0.6) is 0 Å². The van der Waals surface area contributed by atoms with E-state index in [1.54, 1.807) is 12.1 Å². The number of hydrogen-bond donors (Lipinski definition) is 0. The lowest BCUT2D eigenvalue weighted by Gasteiger charge is -2.18. The molecule has 2 aromatic rings. The van der Waals surface area contributed by atoms with E-state index >= 15 is 0 Å². The molecular weight excluding hydrogens is 378 g/mol. The van der Waals surface area contributed by atoms with Crippen LogP contribution < -0.4 is 0 Å². The Morgan fingerprint density at radius 3 is 2.11 bits per heavy atom. The maximum absolute atomic E-state index is 12.3. The van der Waals surface area contributed by atoms with Gasteiger partial charge in [-0.2, -0.15) is 0 Å². The zero-order valence-electron chi connectivity index (χ0n) is 16.7. The van der Waals surface area contributed by atoms with Crippen molar-refractivity contribution in [3.05, 3.63) is 65.2 Å². The Balaban J connectivity index is 2.07. The Kier molecular flexibility index (Phi) is 6.41. The van der Waals surface area contributed by atoms with Crippen molar-refractivity contribution in [3.8, 4) is 0 Å². The Morgan fingerprint density at radius 1 is 0.964 bits per heavy atom. The lowest BCUT2D eigenvalue weighted by molar-refractivity contribution is 0.0474. The van der Waals surface area contributed by atoms with Crippen LogP contribution in [0.3, 0.4) is 0 Å². The molecule has 150 valence electrons. The van der Waals surface area contributed by atoms with Crippen LogP contribution in [0.25, 0.3) is 0 Å². The number of hydrogen-bond acceptors (Lipinski definition) is 5. The molecule has 0 aliphatic rings. The van der Waals surface area contributed by atoms with Gasteiger partial charge < -0.3 is 4.74 Å². The lowest BCUT2D eigenvalue weighted by atomic mass is 9.86. The van der Waals surface area contributed by atoms with Gasteiger partial charge in [-0.3, -0.25) is 4.79 Å². The molecule has 6 nitrogen and oxygen atoms in total. The maximum Gasteiger partial charge on any atom is 0.338 e. The van der Waals surface area contributed by atoms with Crippen molar-refractivity contribution >= 4 is 21.8 Å². The summed E-state index contributed by atoms with van der Waals surface area (Å²) in [5.41, 5.74) is 1.59. The van der Waals surface area contributed by atoms with Crippen molar-refractivity contribution in [2.75, 3.05) is 20.7 Å². The van der Waals surface area contributed by atoms with Crippen molar-refractivity contribution in [3.63, 3.8) is 0 Å². The summed E-state index contributed by atoms with van der Waals surface area (Å²) in [5, 5.41) is 0. The lowest BCUT2D eigenvalue weighted by Crippen LogP contribution is -2.22. The number of rotatable bonds is 6. The first kappa shape index (κ1) is 21.8. The fraction of sp³-hybridized carbons (Fsp3) is 0.333. The van der Waals surface area contributed by atoms with Crippen molar-refractivity contribution in [2.45, 2.75) is 31.1 Å². The molecule has 0 saturated heterocycles. The quantitative estimate of drug-likeness (QED) is 0.546. The van der Waals surface area contributed by atoms with E-state index in [2.05, 4.69) is 20.8 Å². The third-order valence-corrected chi connectivity index (χ3v) is 6.07. The van der Waals surface area contributed by atoms with E-state index in [1.807, 2.05) is 12.1 Å². The van der Waals surface area contributed by atoms with Crippen LogP contribution in [0.4, 0.5) is 0 Å². The van der Waals surface area contributed by atoms with Crippen molar-refractivity contribution in [2.24, 2.45) is 0 Å². The molecule has 0 aliphatic heterocycles. The highest BCUT2D eigenvalue weighted by atomic mass is 32.2. The van der Waals surface area contributed by atoms with E-state index in [0.717, 1.165) is 9.87 Å². The Morgan fingerprint density at radius 2 is 1.57 bits per heavy atom. The van der Waals surface area contributed by atoms with E-state index in [9.17, 15) is 18.0 Å². The first-order chi connectivity index (χ1) is 12.9. The minimum Gasteiger partial charge on any atom is -0.454 e. The second kappa shape index (κ2) is 8.24. The monoisotopic (exact) mass is 403 g/mol. The molecule has 0 spiro atoms. The molecule has 28 heavy (non-hydrogen) atoms. The van der Waals surface area contributed by atoms with Crippen LogP contribution in [0.2, 0.25) is 0 Å². The number of ether oxygens (including phenoxy) is 1. The van der Waals surface area contributed by atoms with Crippen molar-refractivity contribution < 1.29 is 22.7 Å². The molecule has 2 aromatic carbocycles. The number of carbonyl (C=O) groups excluding carboxylic acids is 2. The highest BCUT2D eigenvalue weighted by Gasteiger charge is 2.20. The van der Waals surface area contributed by atoms with Gasteiger partial charge in [0.15, 0.2) is 12.4 Å². The van der Waals surface area contributed by atoms with Gasteiger partial charge in [-0.05, 0) is 29.2 Å². The molecule has 0 aliphatic carbocycles. The fourth-order valence-corrected chi connectivity index (χ4v) is 3.40. The van der Waals surface area contributed by atoms with E-state index < -0.39 is 22.6 Å². The van der Waals surface area contributed by atoms with E-state index in [0.29, 0.717) is 5.56 Å². The molecule has 0 amide bonds. The molecule has 0 bridgehead atoms. The standard InChI is InChI=1S/C21H25NO5S/c1-21(2,3)17-11-9-15(10-12-17)19(23)14-27-20(24)16-7-6-8-18(13-16)28(25,26)22(4)5/h6-13H,14H2,1-5H3. The van der Waals surface area contributed by atoms with Gasteiger partial charge >= 0.3 is 5.97 Å². The molecule has 7 heteroatoms. The van der Waals surface area contributed by atoms with E-state index in [-0.39, 0.29) is 21.7 Å². The van der Waals surface area contributed by atoms with Crippen LogP contribution in [-0.4, -0.2) is 45.2 Å². The molecule has 2 rings (SSSR count). The minimum atomic E-state index is -3.66. The number of benzene rings is 2. The summed E-state index contributed by atoms with van der Waals surface area (Å²) in [6, 6.07) is 12.7. The zero-order valence-corrected chi connectivity index (χ0v) is 17.5. The predicted octanol–water partition coefficient (Wildman–Crippen LogP) is 3.27. The second-order valence-electron chi connectivity index (χ2n) is 7.64. The summed E-state index contributed by atoms with van der Waals surface area (Å²) in [6.07, 6.45) is 0. The van der Waals surface area contributed by atoms with Gasteiger partial charge in [0, 0.05) is 19.7 Å². The predicted molar refractivity (Wildman–Crippen MR) is 107 cm³/mol. The van der Waals surface area contributed by atoms with Gasteiger partial charge in [0.25, 0.3) is 0 Å². The molecule has 0 aromatic heterocycles. The molecule has 0 atom stereocenters. The van der Waals surface area contributed by atoms with E-state index in [4.69, 9.17) is 4.74 Å². The number of esters is 1. The highest BCUT2D eigenvalue weighted by Crippen LogP contribution is 2.22. The summed E-state index contributed by atoms with van der Waals surface area (Å²) < 4.78 is 30.5. The molecular formula is C21H25NO5S. The first-order valence-corrected chi connectivity index (χ1v) is 10.2. The Bertz CT molecular complexity index is 971. The van der Waals surface area contributed by atoms with Crippen molar-refractivity contribution in [1.29, 1.82) is 0 Å². The third-order valence-electron chi connectivity index (χ3n) is 4.26. The van der Waals surface area contributed by atoms with Gasteiger partial charge in [-0.25, -0.2) is 17.5 Å². The smallest absolute Gasteiger partial charge is 0.338 e. The molecule has 0 heterocycles. The number of nitrogens with zero attached hydrogens (tertiary/aromatic N) is 1. The van der Waals surface area contributed by atoms with Crippen LogP contribution in [-0.2, 0) is 20.2 Å². The van der Waals surface area contributed by atoms with Gasteiger partial charge in [0.05, 0.1) is 10.5 Å². The number of ketones is 1. The van der Waals surface area contributed by atoms with Gasteiger partial charge in [0.1, 0.15) is 0 Å². The summed E-state index contributed by atoms with van der Waals surface area (Å²) in [7, 11) is -0.851. The average Bonchev–Trinajstić information content (AvgIpc) is 2.65. The van der Waals surface area contributed by atoms with Crippen LogP contribution in [0, 0.1) is 0 Å². The Labute approximate surface area is 166 Å². The second-order valence-corrected chi connectivity index (χ2v) is 9.79. The first-order valence-electron chi connectivity index (χ1n) is 8.76. The van der Waals surface area contributed by atoms with Gasteiger partial charge in [-0.1, -0.05) is 51.1 Å². The number of Topliss-reactive ketones (excluding diaryl/α,β-unsaturated/α-hetero) is 1. The normalized spacial score (nSPS) is 12.1. The summed E-state index contributed by atoms with van der Waals surface area (Å²) in [5.74, 6) is -1.08. The minimum absolute atomic E-state index is 0.0176. The van der Waals surface area contributed by atoms with Gasteiger partial charge in [0.2, 0.25) is 10.0 Å². The summed E-state index contributed by atoms with van der Waals surface area (Å²) in [6.45, 7) is 5.82. The largest absolute Gasteiger partial charge is 0.454 e. The Hall–Kier alpha value is -2.51. The maximum atomic E-state index is 12.3. The molecule has 0 unspecified atom stereocenters. The number of carbonyl (C=O) groups is 2. The molecule has 0 N–H and O–H groups in total. The highest BCUT2D eigenvalue weighted by molar-refractivity contribution is 7.89. The number of sulfonamides is 1.